The normalized spacial score (nSPS) is 18.3. The third kappa shape index (κ3) is 3.49. The number of halogens is 1. The van der Waals surface area contributed by atoms with Crippen molar-refractivity contribution in [3.8, 4) is 0 Å². The molecule has 0 aliphatic carbocycles. The van der Waals surface area contributed by atoms with Crippen molar-refractivity contribution < 1.29 is 13.2 Å². The number of carbonyl (C=O) groups is 1. The molecule has 0 atom stereocenters. The summed E-state index contributed by atoms with van der Waals surface area (Å²) in [5.74, 6) is -0.0540. The summed E-state index contributed by atoms with van der Waals surface area (Å²) in [5.41, 5.74) is 1.66. The molecule has 3 heterocycles. The highest BCUT2D eigenvalue weighted by atomic mass is 35.5. The van der Waals surface area contributed by atoms with Crippen LogP contribution in [0.15, 0.2) is 35.4 Å². The van der Waals surface area contributed by atoms with Gasteiger partial charge in [0.2, 0.25) is 10.0 Å². The van der Waals surface area contributed by atoms with Gasteiger partial charge in [-0.15, -0.1) is 0 Å². The highest BCUT2D eigenvalue weighted by molar-refractivity contribution is 7.89. The van der Waals surface area contributed by atoms with Gasteiger partial charge in [0.05, 0.1) is 22.3 Å². The van der Waals surface area contributed by atoms with E-state index in [2.05, 4.69) is 5.10 Å². The molecule has 1 aromatic heterocycles. The minimum Gasteiger partial charge on any atom is -0.336 e. The van der Waals surface area contributed by atoms with Crippen LogP contribution < -0.4 is 0 Å². The number of piperazine rings is 1. The Kier molecular flexibility index (Phi) is 4.96. The van der Waals surface area contributed by atoms with Crippen molar-refractivity contribution in [1.29, 1.82) is 0 Å². The van der Waals surface area contributed by atoms with Crippen LogP contribution in [0.2, 0.25) is 5.02 Å². The molecule has 0 unspecified atom stereocenters. The number of hydrogen-bond donors (Lipinski definition) is 0. The van der Waals surface area contributed by atoms with E-state index in [1.54, 1.807) is 23.2 Å². The molecule has 1 fully saturated rings. The summed E-state index contributed by atoms with van der Waals surface area (Å²) in [6, 6.07) is 6.15. The third-order valence-electron chi connectivity index (χ3n) is 5.19. The van der Waals surface area contributed by atoms with Crippen LogP contribution in [0.25, 0.3) is 0 Å². The first kappa shape index (κ1) is 18.5. The molecule has 4 rings (SSSR count). The smallest absolute Gasteiger partial charge is 0.257 e. The molecule has 0 N–H and O–H groups in total. The summed E-state index contributed by atoms with van der Waals surface area (Å²) >= 11 is 5.84. The maximum Gasteiger partial charge on any atom is 0.257 e. The quantitative estimate of drug-likeness (QED) is 0.778. The maximum atomic E-state index is 12.9. The minimum atomic E-state index is -3.58. The molecular formula is C18H21ClN4O3S. The van der Waals surface area contributed by atoms with E-state index in [0.717, 1.165) is 31.5 Å². The van der Waals surface area contributed by atoms with Crippen molar-refractivity contribution in [2.24, 2.45) is 0 Å². The summed E-state index contributed by atoms with van der Waals surface area (Å²) in [6.07, 6.45) is 4.68. The molecule has 9 heteroatoms. The number of nitrogens with zero attached hydrogens (tertiary/aromatic N) is 4. The van der Waals surface area contributed by atoms with Gasteiger partial charge in [0, 0.05) is 37.7 Å². The number of carbonyl (C=O) groups excluding carboxylic acids is 1. The summed E-state index contributed by atoms with van der Waals surface area (Å²) in [5, 5.41) is 4.82. The van der Waals surface area contributed by atoms with Crippen LogP contribution in [-0.4, -0.2) is 59.5 Å². The number of amides is 1. The lowest BCUT2D eigenvalue weighted by molar-refractivity contribution is 0.0696. The molecule has 2 aromatic rings. The second-order valence-corrected chi connectivity index (χ2v) is 9.21. The van der Waals surface area contributed by atoms with E-state index >= 15 is 0 Å². The average Bonchev–Trinajstić information content (AvgIpc) is 3.12. The van der Waals surface area contributed by atoms with Gasteiger partial charge in [0.1, 0.15) is 0 Å². The zero-order chi connectivity index (χ0) is 19.0. The predicted molar refractivity (Wildman–Crippen MR) is 101 cm³/mol. The zero-order valence-electron chi connectivity index (χ0n) is 14.8. The topological polar surface area (TPSA) is 75.5 Å². The second kappa shape index (κ2) is 7.26. The Morgan fingerprint density at radius 2 is 1.70 bits per heavy atom. The fourth-order valence-electron chi connectivity index (χ4n) is 3.66. The van der Waals surface area contributed by atoms with E-state index in [0.29, 0.717) is 23.7 Å². The molecule has 144 valence electrons. The zero-order valence-corrected chi connectivity index (χ0v) is 16.4. The number of aromatic nitrogens is 2. The van der Waals surface area contributed by atoms with Gasteiger partial charge in [0.25, 0.3) is 5.91 Å². The summed E-state index contributed by atoms with van der Waals surface area (Å²) in [7, 11) is -3.58. The van der Waals surface area contributed by atoms with Gasteiger partial charge in [-0.05, 0) is 43.5 Å². The lowest BCUT2D eigenvalue weighted by Gasteiger charge is -2.34. The molecule has 1 aromatic carbocycles. The van der Waals surface area contributed by atoms with Crippen LogP contribution in [-0.2, 0) is 23.0 Å². The van der Waals surface area contributed by atoms with Crippen molar-refractivity contribution in [1.82, 2.24) is 19.0 Å². The number of hydrogen-bond acceptors (Lipinski definition) is 4. The van der Waals surface area contributed by atoms with Gasteiger partial charge in [-0.3, -0.25) is 9.48 Å². The molecule has 2 aliphatic heterocycles. The van der Waals surface area contributed by atoms with Gasteiger partial charge in [-0.2, -0.15) is 9.40 Å². The first-order valence-corrected chi connectivity index (χ1v) is 10.9. The predicted octanol–water partition coefficient (Wildman–Crippen LogP) is 2.02. The third-order valence-corrected chi connectivity index (χ3v) is 7.35. The fourth-order valence-corrected chi connectivity index (χ4v) is 5.21. The Bertz CT molecular complexity index is 947. The average molecular weight is 409 g/mol. The lowest BCUT2D eigenvalue weighted by Crippen LogP contribution is -2.50. The second-order valence-electron chi connectivity index (χ2n) is 6.84. The van der Waals surface area contributed by atoms with E-state index < -0.39 is 10.0 Å². The summed E-state index contributed by atoms with van der Waals surface area (Å²) < 4.78 is 28.9. The minimum absolute atomic E-state index is 0.0540. The number of rotatable bonds is 3. The number of fused-ring (bicyclic) bond motifs is 1. The molecule has 0 bridgehead atoms. The van der Waals surface area contributed by atoms with E-state index in [4.69, 9.17) is 11.6 Å². The van der Waals surface area contributed by atoms with Crippen LogP contribution in [0.4, 0.5) is 0 Å². The van der Waals surface area contributed by atoms with Gasteiger partial charge in [-0.1, -0.05) is 11.6 Å². The molecule has 0 spiro atoms. The number of sulfonamides is 1. The lowest BCUT2D eigenvalue weighted by atomic mass is 10.1. The highest BCUT2D eigenvalue weighted by Crippen LogP contribution is 2.22. The van der Waals surface area contributed by atoms with Crippen LogP contribution in [0.3, 0.4) is 0 Å². The monoisotopic (exact) mass is 408 g/mol. The Balaban J connectivity index is 1.45. The van der Waals surface area contributed by atoms with Crippen molar-refractivity contribution in [3.63, 3.8) is 0 Å². The van der Waals surface area contributed by atoms with Crippen molar-refractivity contribution in [3.05, 3.63) is 46.7 Å². The van der Waals surface area contributed by atoms with Gasteiger partial charge in [-0.25, -0.2) is 8.42 Å². The number of aryl methyl sites for hydroxylation is 1. The van der Waals surface area contributed by atoms with Gasteiger partial charge in [0.15, 0.2) is 0 Å². The Hall–Kier alpha value is -1.90. The van der Waals surface area contributed by atoms with Crippen LogP contribution in [0.5, 0.6) is 0 Å². The molecule has 0 radical (unpaired) electrons. The van der Waals surface area contributed by atoms with E-state index in [1.165, 1.54) is 16.4 Å². The van der Waals surface area contributed by atoms with Crippen molar-refractivity contribution >= 4 is 27.5 Å². The standard InChI is InChI=1S/C18H21ClN4O3S/c19-14-4-6-15(7-5-14)27(25,26)22-11-9-21(10-12-22)18(24)16-13-20-23-8-2-1-3-17(16)23/h4-7,13H,1-3,8-12H2. The Labute approximate surface area is 163 Å². The Morgan fingerprint density at radius 1 is 1.00 bits per heavy atom. The van der Waals surface area contributed by atoms with Crippen molar-refractivity contribution in [2.45, 2.75) is 30.7 Å². The highest BCUT2D eigenvalue weighted by Gasteiger charge is 2.32. The fraction of sp³-hybridized carbons (Fsp3) is 0.444. The first-order valence-electron chi connectivity index (χ1n) is 9.06. The molecule has 7 nitrogen and oxygen atoms in total. The molecule has 2 aliphatic rings. The number of benzene rings is 1. The molecule has 1 saturated heterocycles. The summed E-state index contributed by atoms with van der Waals surface area (Å²) in [6.45, 7) is 2.16. The van der Waals surface area contributed by atoms with Crippen LogP contribution in [0, 0.1) is 0 Å². The summed E-state index contributed by atoms with van der Waals surface area (Å²) in [4.78, 5) is 14.8. The van der Waals surface area contributed by atoms with Crippen LogP contribution in [0.1, 0.15) is 28.9 Å². The molecule has 1 amide bonds. The largest absolute Gasteiger partial charge is 0.336 e. The molecule has 27 heavy (non-hydrogen) atoms. The first-order chi connectivity index (χ1) is 13.0. The Morgan fingerprint density at radius 3 is 2.41 bits per heavy atom. The molecule has 0 saturated carbocycles. The molecular weight excluding hydrogens is 388 g/mol. The maximum absolute atomic E-state index is 12.9. The van der Waals surface area contributed by atoms with Crippen molar-refractivity contribution in [2.75, 3.05) is 26.2 Å². The van der Waals surface area contributed by atoms with E-state index in [1.807, 2.05) is 4.68 Å². The van der Waals surface area contributed by atoms with Gasteiger partial charge < -0.3 is 4.90 Å². The van der Waals surface area contributed by atoms with Crippen LogP contribution >= 0.6 is 11.6 Å². The van der Waals surface area contributed by atoms with E-state index in [9.17, 15) is 13.2 Å². The van der Waals surface area contributed by atoms with E-state index in [-0.39, 0.29) is 23.9 Å². The van der Waals surface area contributed by atoms with Gasteiger partial charge >= 0.3 is 0 Å². The SMILES string of the molecule is O=C(c1cnn2c1CCCC2)N1CCN(S(=O)(=O)c2ccc(Cl)cc2)CC1.